The van der Waals surface area contributed by atoms with Gasteiger partial charge in [-0.2, -0.15) is 0 Å². The Balaban J connectivity index is 1.51. The Bertz CT molecular complexity index is 519. The molecule has 1 aliphatic heterocycles. The molecule has 1 aliphatic carbocycles. The highest BCUT2D eigenvalue weighted by Gasteiger charge is 2.20. The number of fused-ring (bicyclic) bond motifs is 1. The minimum atomic E-state index is 0.0202. The zero-order chi connectivity index (χ0) is 14.7. The summed E-state index contributed by atoms with van der Waals surface area (Å²) in [6, 6.07) is 4.05. The Kier molecular flexibility index (Phi) is 4.73. The van der Waals surface area contributed by atoms with Crippen molar-refractivity contribution in [2.45, 2.75) is 25.3 Å². The van der Waals surface area contributed by atoms with Gasteiger partial charge in [-0.3, -0.25) is 9.69 Å². The van der Waals surface area contributed by atoms with Crippen LogP contribution in [0.1, 0.15) is 30.1 Å². The van der Waals surface area contributed by atoms with Gasteiger partial charge in [-0.25, -0.2) is 0 Å². The number of hydrogen-bond acceptors (Lipinski definition) is 4. The minimum Gasteiger partial charge on any atom is -0.326 e. The van der Waals surface area contributed by atoms with Crippen LogP contribution in [0.5, 0.6) is 0 Å². The largest absolute Gasteiger partial charge is 0.326 e. The van der Waals surface area contributed by atoms with Gasteiger partial charge in [-0.05, 0) is 31.9 Å². The molecule has 116 valence electrons. The summed E-state index contributed by atoms with van der Waals surface area (Å²) in [5, 5.41) is 3.68. The SMILES string of the molecule is CN1CCN(CCNC2CCCc3[nH]c(=O)ccc32)CC1. The number of nitrogens with one attached hydrogen (secondary N) is 2. The van der Waals surface area contributed by atoms with E-state index in [0.717, 1.165) is 31.6 Å². The smallest absolute Gasteiger partial charge is 0.248 e. The monoisotopic (exact) mass is 290 g/mol. The van der Waals surface area contributed by atoms with E-state index in [1.165, 1.54) is 38.2 Å². The van der Waals surface area contributed by atoms with Crippen LogP contribution in [0.4, 0.5) is 0 Å². The third kappa shape index (κ3) is 3.73. The fourth-order valence-corrected chi connectivity index (χ4v) is 3.38. The van der Waals surface area contributed by atoms with E-state index in [1.807, 2.05) is 6.07 Å². The molecule has 1 saturated heterocycles. The predicted molar refractivity (Wildman–Crippen MR) is 84.7 cm³/mol. The van der Waals surface area contributed by atoms with Crippen molar-refractivity contribution in [3.8, 4) is 0 Å². The van der Waals surface area contributed by atoms with Crippen LogP contribution in [-0.4, -0.2) is 61.1 Å². The molecule has 2 N–H and O–H groups in total. The Morgan fingerprint density at radius 3 is 2.90 bits per heavy atom. The topological polar surface area (TPSA) is 51.4 Å². The average Bonchev–Trinajstić information content (AvgIpc) is 2.49. The van der Waals surface area contributed by atoms with Crippen molar-refractivity contribution >= 4 is 0 Å². The molecule has 1 aromatic rings. The maximum absolute atomic E-state index is 11.4. The number of nitrogens with zero attached hydrogens (tertiary/aromatic N) is 2. The summed E-state index contributed by atoms with van der Waals surface area (Å²) < 4.78 is 0. The Morgan fingerprint density at radius 2 is 2.10 bits per heavy atom. The second-order valence-electron chi connectivity index (χ2n) is 6.30. The number of likely N-dealkylation sites (N-methyl/N-ethyl adjacent to an activating group) is 1. The fourth-order valence-electron chi connectivity index (χ4n) is 3.38. The molecule has 3 rings (SSSR count). The summed E-state index contributed by atoms with van der Waals surface area (Å²) in [5.41, 5.74) is 2.44. The van der Waals surface area contributed by atoms with Gasteiger partial charge in [0, 0.05) is 57.1 Å². The average molecular weight is 290 g/mol. The predicted octanol–water partition coefficient (Wildman–Crippen LogP) is 0.589. The van der Waals surface area contributed by atoms with Crippen molar-refractivity contribution in [1.29, 1.82) is 0 Å². The third-order valence-electron chi connectivity index (χ3n) is 4.75. The van der Waals surface area contributed by atoms with Crippen LogP contribution in [0.15, 0.2) is 16.9 Å². The molecule has 21 heavy (non-hydrogen) atoms. The lowest BCUT2D eigenvalue weighted by molar-refractivity contribution is 0.153. The highest BCUT2D eigenvalue weighted by Crippen LogP contribution is 2.27. The first-order valence-electron chi connectivity index (χ1n) is 8.09. The van der Waals surface area contributed by atoms with Crippen LogP contribution < -0.4 is 10.9 Å². The van der Waals surface area contributed by atoms with Crippen molar-refractivity contribution < 1.29 is 0 Å². The highest BCUT2D eigenvalue weighted by atomic mass is 16.1. The number of hydrogen-bond donors (Lipinski definition) is 2. The zero-order valence-corrected chi connectivity index (χ0v) is 12.9. The summed E-state index contributed by atoms with van der Waals surface area (Å²) in [4.78, 5) is 19.3. The van der Waals surface area contributed by atoms with Crippen LogP contribution in [0.25, 0.3) is 0 Å². The van der Waals surface area contributed by atoms with Gasteiger partial charge >= 0.3 is 0 Å². The van der Waals surface area contributed by atoms with E-state index < -0.39 is 0 Å². The van der Waals surface area contributed by atoms with Gasteiger partial charge in [-0.1, -0.05) is 6.07 Å². The number of rotatable bonds is 4. The van der Waals surface area contributed by atoms with Crippen LogP contribution >= 0.6 is 0 Å². The van der Waals surface area contributed by atoms with Gasteiger partial charge in [-0.15, -0.1) is 0 Å². The summed E-state index contributed by atoms with van der Waals surface area (Å²) in [6.45, 7) is 6.83. The van der Waals surface area contributed by atoms with Gasteiger partial charge in [0.05, 0.1) is 0 Å². The number of aromatic nitrogens is 1. The van der Waals surface area contributed by atoms with E-state index in [1.54, 1.807) is 6.07 Å². The molecule has 5 heteroatoms. The normalized spacial score (nSPS) is 24.0. The van der Waals surface area contributed by atoms with Gasteiger partial charge in [0.15, 0.2) is 0 Å². The number of pyridine rings is 1. The lowest BCUT2D eigenvalue weighted by Gasteiger charge is -2.33. The minimum absolute atomic E-state index is 0.0202. The van der Waals surface area contributed by atoms with Crippen molar-refractivity contribution in [3.63, 3.8) is 0 Å². The molecule has 5 nitrogen and oxygen atoms in total. The van der Waals surface area contributed by atoms with E-state index in [-0.39, 0.29) is 5.56 Å². The maximum atomic E-state index is 11.4. The molecule has 0 spiro atoms. The number of aryl methyl sites for hydroxylation is 1. The quantitative estimate of drug-likeness (QED) is 0.852. The second-order valence-corrected chi connectivity index (χ2v) is 6.30. The Morgan fingerprint density at radius 1 is 1.29 bits per heavy atom. The summed E-state index contributed by atoms with van der Waals surface area (Å²) in [6.07, 6.45) is 3.32. The molecule has 1 fully saturated rings. The number of H-pyrrole nitrogens is 1. The summed E-state index contributed by atoms with van der Waals surface area (Å²) in [7, 11) is 2.19. The standard InChI is InChI=1S/C16H26N4O/c1-19-9-11-20(12-10-19)8-7-17-14-3-2-4-15-13(14)5-6-16(21)18-15/h5-6,14,17H,2-4,7-12H2,1H3,(H,18,21). The molecule has 2 heterocycles. The van der Waals surface area contributed by atoms with Gasteiger partial charge in [0.1, 0.15) is 0 Å². The van der Waals surface area contributed by atoms with Crippen LogP contribution in [-0.2, 0) is 6.42 Å². The highest BCUT2D eigenvalue weighted by molar-refractivity contribution is 5.26. The molecule has 0 saturated carbocycles. The van der Waals surface area contributed by atoms with E-state index in [0.29, 0.717) is 6.04 Å². The molecule has 2 aliphatic rings. The molecule has 0 aromatic carbocycles. The van der Waals surface area contributed by atoms with Crippen molar-refractivity contribution in [1.82, 2.24) is 20.1 Å². The first kappa shape index (κ1) is 14.8. The van der Waals surface area contributed by atoms with Crippen LogP contribution in [0, 0.1) is 0 Å². The van der Waals surface area contributed by atoms with Gasteiger partial charge in [0.2, 0.25) is 5.56 Å². The molecule has 1 unspecified atom stereocenters. The van der Waals surface area contributed by atoms with Gasteiger partial charge in [0.25, 0.3) is 0 Å². The molecule has 0 bridgehead atoms. The Labute approximate surface area is 126 Å². The molecule has 1 aromatic heterocycles. The van der Waals surface area contributed by atoms with Crippen LogP contribution in [0.2, 0.25) is 0 Å². The van der Waals surface area contributed by atoms with Gasteiger partial charge < -0.3 is 15.2 Å². The van der Waals surface area contributed by atoms with Crippen molar-refractivity contribution in [3.05, 3.63) is 33.7 Å². The summed E-state index contributed by atoms with van der Waals surface area (Å²) in [5.74, 6) is 0. The molecule has 0 radical (unpaired) electrons. The first-order valence-corrected chi connectivity index (χ1v) is 8.09. The third-order valence-corrected chi connectivity index (χ3v) is 4.75. The van der Waals surface area contributed by atoms with Crippen molar-refractivity contribution in [2.24, 2.45) is 0 Å². The molecular weight excluding hydrogens is 264 g/mol. The molecular formula is C16H26N4O. The van der Waals surface area contributed by atoms with E-state index in [4.69, 9.17) is 0 Å². The molecule has 1 atom stereocenters. The number of aromatic amines is 1. The maximum Gasteiger partial charge on any atom is 0.248 e. The van der Waals surface area contributed by atoms with Crippen LogP contribution in [0.3, 0.4) is 0 Å². The molecule has 0 amide bonds. The van der Waals surface area contributed by atoms with E-state index in [2.05, 4.69) is 27.1 Å². The fraction of sp³-hybridized carbons (Fsp3) is 0.688. The lowest BCUT2D eigenvalue weighted by atomic mass is 9.91. The van der Waals surface area contributed by atoms with Crippen molar-refractivity contribution in [2.75, 3.05) is 46.3 Å². The van der Waals surface area contributed by atoms with E-state index >= 15 is 0 Å². The first-order chi connectivity index (χ1) is 10.2. The summed E-state index contributed by atoms with van der Waals surface area (Å²) >= 11 is 0. The second kappa shape index (κ2) is 6.73. The number of piperazine rings is 1. The van der Waals surface area contributed by atoms with E-state index in [9.17, 15) is 4.79 Å². The Hall–Kier alpha value is -1.17. The zero-order valence-electron chi connectivity index (χ0n) is 12.9. The lowest BCUT2D eigenvalue weighted by Crippen LogP contribution is -2.46.